The number of aromatic nitrogens is 1. The van der Waals surface area contributed by atoms with E-state index in [1.807, 2.05) is 12.1 Å². The molecule has 0 aliphatic rings. The predicted molar refractivity (Wildman–Crippen MR) is 79.4 cm³/mol. The molecule has 0 saturated heterocycles. The molecular weight excluding hydrogens is 320 g/mol. The summed E-state index contributed by atoms with van der Waals surface area (Å²) in [6, 6.07) is 6.09. The molecule has 1 aromatic heterocycles. The zero-order chi connectivity index (χ0) is 12.3. The molecule has 0 aliphatic carbocycles. The lowest BCUT2D eigenvalue weighted by molar-refractivity contribution is 0.685. The Morgan fingerprint density at radius 2 is 2.35 bits per heavy atom. The van der Waals surface area contributed by atoms with Gasteiger partial charge in [0.25, 0.3) is 0 Å². The van der Waals surface area contributed by atoms with Gasteiger partial charge in [-0.15, -0.1) is 0 Å². The van der Waals surface area contributed by atoms with E-state index >= 15 is 0 Å². The lowest BCUT2D eigenvalue weighted by Crippen LogP contribution is -2.05. The molecule has 1 unspecified atom stereocenters. The molecule has 92 valence electrons. The van der Waals surface area contributed by atoms with E-state index in [1.165, 1.54) is 4.70 Å². The van der Waals surface area contributed by atoms with Gasteiger partial charge in [-0.2, -0.15) is 0 Å². The number of nitrogens with one attached hydrogen (secondary N) is 1. The van der Waals surface area contributed by atoms with Gasteiger partial charge < -0.3 is 5.32 Å². The van der Waals surface area contributed by atoms with Gasteiger partial charge in [-0.1, -0.05) is 27.3 Å². The topological polar surface area (TPSA) is 42.0 Å². The van der Waals surface area contributed by atoms with Crippen LogP contribution < -0.4 is 5.32 Å². The highest BCUT2D eigenvalue weighted by Gasteiger charge is 2.03. The van der Waals surface area contributed by atoms with Crippen LogP contribution in [0.15, 0.2) is 22.7 Å². The second-order valence-electron chi connectivity index (χ2n) is 3.69. The van der Waals surface area contributed by atoms with E-state index in [2.05, 4.69) is 32.3 Å². The fraction of sp³-hybridized carbons (Fsp3) is 0.364. The molecule has 0 radical (unpaired) electrons. The first-order valence-electron chi connectivity index (χ1n) is 5.25. The number of hydrogen-bond acceptors (Lipinski definition) is 4. The fourth-order valence-electron chi connectivity index (χ4n) is 1.45. The van der Waals surface area contributed by atoms with Crippen LogP contribution in [0.1, 0.15) is 6.42 Å². The molecule has 1 atom stereocenters. The first-order chi connectivity index (χ1) is 8.15. The van der Waals surface area contributed by atoms with Gasteiger partial charge in [-0.3, -0.25) is 4.21 Å². The molecule has 2 rings (SSSR count). The van der Waals surface area contributed by atoms with E-state index in [-0.39, 0.29) is 0 Å². The quantitative estimate of drug-likeness (QED) is 0.854. The first kappa shape index (κ1) is 13.0. The molecule has 2 aromatic rings. The summed E-state index contributed by atoms with van der Waals surface area (Å²) in [6.07, 6.45) is 2.64. The average molecular weight is 333 g/mol. The van der Waals surface area contributed by atoms with Crippen molar-refractivity contribution in [3.8, 4) is 0 Å². The molecular formula is C11H13BrN2OS2. The van der Waals surface area contributed by atoms with Crippen LogP contribution in [0.3, 0.4) is 0 Å². The highest BCUT2D eigenvalue weighted by molar-refractivity contribution is 9.10. The van der Waals surface area contributed by atoms with Gasteiger partial charge in [0.1, 0.15) is 0 Å². The molecule has 0 spiro atoms. The monoisotopic (exact) mass is 332 g/mol. The lowest BCUT2D eigenvalue weighted by atomic mass is 10.3. The third-order valence-corrected chi connectivity index (χ3v) is 4.59. The normalized spacial score (nSPS) is 12.8. The first-order valence-corrected chi connectivity index (χ1v) is 8.59. The summed E-state index contributed by atoms with van der Waals surface area (Å²) in [5.41, 5.74) is 1.01. The summed E-state index contributed by atoms with van der Waals surface area (Å²) in [4.78, 5) is 4.49. The summed E-state index contributed by atoms with van der Waals surface area (Å²) >= 11 is 5.08. The average Bonchev–Trinajstić information content (AvgIpc) is 2.66. The highest BCUT2D eigenvalue weighted by Crippen LogP contribution is 2.27. The van der Waals surface area contributed by atoms with Gasteiger partial charge in [-0.05, 0) is 24.6 Å². The van der Waals surface area contributed by atoms with Gasteiger partial charge >= 0.3 is 0 Å². The van der Waals surface area contributed by atoms with Gasteiger partial charge in [0.15, 0.2) is 5.13 Å². The zero-order valence-electron chi connectivity index (χ0n) is 9.40. The van der Waals surface area contributed by atoms with E-state index in [4.69, 9.17) is 0 Å². The number of anilines is 1. The van der Waals surface area contributed by atoms with Crippen LogP contribution >= 0.6 is 27.3 Å². The molecule has 1 aromatic carbocycles. The summed E-state index contributed by atoms with van der Waals surface area (Å²) < 4.78 is 13.1. The Hall–Kier alpha value is -0.460. The van der Waals surface area contributed by atoms with Gasteiger partial charge in [0.05, 0.1) is 10.2 Å². The van der Waals surface area contributed by atoms with Crippen molar-refractivity contribution < 1.29 is 4.21 Å². The van der Waals surface area contributed by atoms with Crippen molar-refractivity contribution in [2.75, 3.05) is 23.9 Å². The zero-order valence-corrected chi connectivity index (χ0v) is 12.6. The van der Waals surface area contributed by atoms with Crippen molar-refractivity contribution in [2.24, 2.45) is 0 Å². The minimum atomic E-state index is -0.704. The summed E-state index contributed by atoms with van der Waals surface area (Å²) in [7, 11) is -0.704. The van der Waals surface area contributed by atoms with E-state index < -0.39 is 10.8 Å². The SMILES string of the molecule is CS(=O)CCCNc1nc2cc(Br)ccc2s1. The Labute approximate surface area is 115 Å². The van der Waals surface area contributed by atoms with E-state index in [0.717, 1.165) is 33.8 Å². The number of thiazole rings is 1. The van der Waals surface area contributed by atoms with Crippen molar-refractivity contribution in [3.05, 3.63) is 22.7 Å². The highest BCUT2D eigenvalue weighted by atomic mass is 79.9. The molecule has 17 heavy (non-hydrogen) atoms. The summed E-state index contributed by atoms with van der Waals surface area (Å²) in [5, 5.41) is 4.20. The fourth-order valence-corrected chi connectivity index (χ4v) is 3.22. The summed E-state index contributed by atoms with van der Waals surface area (Å²) in [5.74, 6) is 0.740. The molecule has 0 saturated carbocycles. The van der Waals surface area contributed by atoms with Crippen LogP contribution in [0.4, 0.5) is 5.13 Å². The number of rotatable bonds is 5. The van der Waals surface area contributed by atoms with E-state index in [0.29, 0.717) is 0 Å². The number of benzene rings is 1. The van der Waals surface area contributed by atoms with Crippen molar-refractivity contribution in [1.29, 1.82) is 0 Å². The van der Waals surface area contributed by atoms with E-state index in [9.17, 15) is 4.21 Å². The smallest absolute Gasteiger partial charge is 0.183 e. The molecule has 6 heteroatoms. The Bertz CT molecular complexity index is 541. The maximum absolute atomic E-state index is 10.9. The van der Waals surface area contributed by atoms with Crippen LogP contribution in [0.25, 0.3) is 10.2 Å². The number of hydrogen-bond donors (Lipinski definition) is 1. The second kappa shape index (κ2) is 5.93. The van der Waals surface area contributed by atoms with Crippen LogP contribution in [0.2, 0.25) is 0 Å². The standard InChI is InChI=1S/C11H13BrN2OS2/c1-17(15)6-2-5-13-11-14-9-7-8(12)3-4-10(9)16-11/h3-4,7H,2,5-6H2,1H3,(H,13,14). The lowest BCUT2D eigenvalue weighted by Gasteiger charge is -1.99. The molecule has 0 bridgehead atoms. The van der Waals surface area contributed by atoms with Crippen LogP contribution in [0, 0.1) is 0 Å². The van der Waals surface area contributed by atoms with Crippen LogP contribution in [0.5, 0.6) is 0 Å². The molecule has 0 aliphatic heterocycles. The molecule has 0 fully saturated rings. The van der Waals surface area contributed by atoms with Crippen molar-refractivity contribution in [1.82, 2.24) is 4.98 Å². The summed E-state index contributed by atoms with van der Waals surface area (Å²) in [6.45, 7) is 0.820. The number of nitrogens with zero attached hydrogens (tertiary/aromatic N) is 1. The minimum absolute atomic E-state index is 0.704. The molecule has 3 nitrogen and oxygen atoms in total. The molecule has 1 N–H and O–H groups in total. The second-order valence-corrected chi connectivity index (χ2v) is 7.19. The van der Waals surface area contributed by atoms with Gasteiger partial charge in [0.2, 0.25) is 0 Å². The number of halogens is 1. The van der Waals surface area contributed by atoms with Crippen molar-refractivity contribution in [2.45, 2.75) is 6.42 Å². The van der Waals surface area contributed by atoms with Gasteiger partial charge in [-0.25, -0.2) is 4.98 Å². The predicted octanol–water partition coefficient (Wildman–Crippen LogP) is 3.24. The Kier molecular flexibility index (Phi) is 4.53. The van der Waals surface area contributed by atoms with E-state index in [1.54, 1.807) is 17.6 Å². The maximum Gasteiger partial charge on any atom is 0.183 e. The number of fused-ring (bicyclic) bond motifs is 1. The molecule has 0 amide bonds. The third kappa shape index (κ3) is 3.76. The Balaban J connectivity index is 1.97. The van der Waals surface area contributed by atoms with Crippen LogP contribution in [-0.4, -0.2) is 27.7 Å². The Morgan fingerprint density at radius 3 is 3.12 bits per heavy atom. The van der Waals surface area contributed by atoms with Gasteiger partial charge in [0, 0.05) is 33.8 Å². The molecule has 1 heterocycles. The van der Waals surface area contributed by atoms with Crippen molar-refractivity contribution in [3.63, 3.8) is 0 Å². The third-order valence-electron chi connectivity index (χ3n) is 2.23. The maximum atomic E-state index is 10.9. The minimum Gasteiger partial charge on any atom is -0.361 e. The largest absolute Gasteiger partial charge is 0.361 e. The Morgan fingerprint density at radius 1 is 1.53 bits per heavy atom. The van der Waals surface area contributed by atoms with Crippen LogP contribution in [-0.2, 0) is 10.8 Å². The van der Waals surface area contributed by atoms with Crippen molar-refractivity contribution >= 4 is 53.4 Å².